The zero-order valence-corrected chi connectivity index (χ0v) is 22.5. The van der Waals surface area contributed by atoms with Crippen LogP contribution in [-0.4, -0.2) is 70.1 Å². The first-order valence-electron chi connectivity index (χ1n) is 12.6. The summed E-state index contributed by atoms with van der Waals surface area (Å²) in [4.78, 5) is 11.8. The van der Waals surface area contributed by atoms with Crippen molar-refractivity contribution in [3.05, 3.63) is 72.9 Å². The topological polar surface area (TPSA) is 56.1 Å². The third-order valence-corrected chi connectivity index (χ3v) is 7.82. The Hall–Kier alpha value is -3.23. The van der Waals surface area contributed by atoms with Crippen LogP contribution in [0.3, 0.4) is 0 Å². The van der Waals surface area contributed by atoms with E-state index < -0.39 is 16.2 Å². The van der Waals surface area contributed by atoms with Gasteiger partial charge in [0.1, 0.15) is 18.7 Å². The van der Waals surface area contributed by atoms with Gasteiger partial charge in [0.2, 0.25) is 0 Å². The minimum atomic E-state index is -0.862. The average molecular weight is 520 g/mol. The van der Waals surface area contributed by atoms with Crippen LogP contribution < -0.4 is 4.90 Å². The number of benzene rings is 2. The van der Waals surface area contributed by atoms with Crippen LogP contribution in [0.1, 0.15) is 6.42 Å². The van der Waals surface area contributed by atoms with Gasteiger partial charge in [-0.2, -0.15) is 0 Å². The van der Waals surface area contributed by atoms with Gasteiger partial charge in [-0.05, 0) is 42.4 Å². The standard InChI is InChI=1S/C29H34FN5OS/c1-37(2,3)19-18-36-21-35-28(23-12-8-5-9-13-23)32-27(33-35)26-25(22-10-6-4-7-11-22)14-16-31-29(26)34-17-15-24(30)20-34/h4-14,16,24H,15,17-21H2,1-3H3/t24-/m0/s1. The van der Waals surface area contributed by atoms with Crippen LogP contribution >= 0.6 is 10.0 Å². The third kappa shape index (κ3) is 6.02. The fraction of sp³-hybridized carbons (Fsp3) is 0.345. The summed E-state index contributed by atoms with van der Waals surface area (Å²) < 4.78 is 22.1. The molecule has 2 aromatic carbocycles. The zero-order valence-electron chi connectivity index (χ0n) is 21.7. The quantitative estimate of drug-likeness (QED) is 0.258. The van der Waals surface area contributed by atoms with E-state index in [9.17, 15) is 4.39 Å². The lowest BCUT2D eigenvalue weighted by Crippen LogP contribution is -2.22. The van der Waals surface area contributed by atoms with Gasteiger partial charge in [-0.15, -0.1) is 5.10 Å². The summed E-state index contributed by atoms with van der Waals surface area (Å²) >= 11 is 0. The van der Waals surface area contributed by atoms with Crippen molar-refractivity contribution < 1.29 is 9.13 Å². The van der Waals surface area contributed by atoms with Gasteiger partial charge >= 0.3 is 0 Å². The second-order valence-corrected chi connectivity index (χ2v) is 14.8. The maximum atomic E-state index is 14.2. The Balaban J connectivity index is 1.60. The van der Waals surface area contributed by atoms with E-state index in [1.54, 1.807) is 6.20 Å². The van der Waals surface area contributed by atoms with Crippen molar-refractivity contribution in [2.45, 2.75) is 19.3 Å². The summed E-state index contributed by atoms with van der Waals surface area (Å²) in [6.07, 6.45) is 8.29. The van der Waals surface area contributed by atoms with Crippen molar-refractivity contribution >= 4 is 15.8 Å². The number of ether oxygens (including phenoxy) is 1. The number of anilines is 1. The maximum absolute atomic E-state index is 14.2. The van der Waals surface area contributed by atoms with E-state index >= 15 is 0 Å². The molecule has 0 unspecified atom stereocenters. The number of nitrogens with zero attached hydrogens (tertiary/aromatic N) is 5. The second kappa shape index (κ2) is 11.0. The highest BCUT2D eigenvalue weighted by molar-refractivity contribution is 8.32. The monoisotopic (exact) mass is 519 g/mol. The van der Waals surface area contributed by atoms with Gasteiger partial charge < -0.3 is 9.64 Å². The van der Waals surface area contributed by atoms with E-state index in [2.05, 4.69) is 30.9 Å². The molecule has 1 atom stereocenters. The van der Waals surface area contributed by atoms with Crippen LogP contribution in [0.2, 0.25) is 0 Å². The summed E-state index contributed by atoms with van der Waals surface area (Å²) in [6.45, 7) is 1.91. The molecule has 4 aromatic rings. The van der Waals surface area contributed by atoms with Crippen molar-refractivity contribution in [2.75, 3.05) is 49.1 Å². The largest absolute Gasteiger partial charge is 0.358 e. The van der Waals surface area contributed by atoms with Crippen molar-refractivity contribution in [3.8, 4) is 33.9 Å². The predicted octanol–water partition coefficient (Wildman–Crippen LogP) is 5.89. The van der Waals surface area contributed by atoms with E-state index in [1.807, 2.05) is 64.2 Å². The Kier molecular flexibility index (Phi) is 7.58. The van der Waals surface area contributed by atoms with Crippen molar-refractivity contribution in [3.63, 3.8) is 0 Å². The maximum Gasteiger partial charge on any atom is 0.186 e. The molecule has 5 rings (SSSR count). The molecule has 0 radical (unpaired) electrons. The van der Waals surface area contributed by atoms with Gasteiger partial charge in [0.15, 0.2) is 11.6 Å². The normalized spacial score (nSPS) is 16.3. The van der Waals surface area contributed by atoms with Crippen LogP contribution in [0.15, 0.2) is 72.9 Å². The molecule has 6 nitrogen and oxygen atoms in total. The molecule has 0 amide bonds. The molecule has 1 saturated heterocycles. The van der Waals surface area contributed by atoms with E-state index in [-0.39, 0.29) is 0 Å². The first-order valence-corrected chi connectivity index (χ1v) is 15.6. The van der Waals surface area contributed by atoms with E-state index in [0.717, 1.165) is 39.6 Å². The highest BCUT2D eigenvalue weighted by Gasteiger charge is 2.29. The number of hydrogen-bond donors (Lipinski definition) is 0. The molecule has 1 fully saturated rings. The predicted molar refractivity (Wildman–Crippen MR) is 152 cm³/mol. The Morgan fingerprint density at radius 3 is 2.32 bits per heavy atom. The van der Waals surface area contributed by atoms with Crippen molar-refractivity contribution in [1.29, 1.82) is 0 Å². The van der Waals surface area contributed by atoms with Crippen LogP contribution in [0.5, 0.6) is 0 Å². The van der Waals surface area contributed by atoms with Crippen LogP contribution in [0, 0.1) is 0 Å². The summed E-state index contributed by atoms with van der Waals surface area (Å²) in [5, 5.41) is 4.96. The summed E-state index contributed by atoms with van der Waals surface area (Å²) in [5.41, 5.74) is 3.79. The molecule has 37 heavy (non-hydrogen) atoms. The van der Waals surface area contributed by atoms with Gasteiger partial charge in [0, 0.05) is 24.1 Å². The first kappa shape index (κ1) is 25.4. The fourth-order valence-electron chi connectivity index (χ4n) is 4.48. The smallest absolute Gasteiger partial charge is 0.186 e. The number of halogens is 1. The van der Waals surface area contributed by atoms with Crippen LogP contribution in [0.4, 0.5) is 10.2 Å². The molecular formula is C29H34FN5OS. The second-order valence-electron chi connectivity index (χ2n) is 10.2. The Bertz CT molecular complexity index is 1320. The molecule has 194 valence electrons. The summed E-state index contributed by atoms with van der Waals surface area (Å²) in [7, 11) is -0.649. The highest BCUT2D eigenvalue weighted by Crippen LogP contribution is 2.39. The summed E-state index contributed by atoms with van der Waals surface area (Å²) in [6, 6.07) is 22.2. The zero-order chi connectivity index (χ0) is 25.8. The van der Waals surface area contributed by atoms with Gasteiger partial charge in [0.25, 0.3) is 0 Å². The minimum absolute atomic E-state index is 0.305. The van der Waals surface area contributed by atoms with E-state index in [4.69, 9.17) is 19.8 Å². The number of pyridine rings is 1. The molecule has 2 aromatic heterocycles. The summed E-state index contributed by atoms with van der Waals surface area (Å²) in [5.74, 6) is 3.04. The van der Waals surface area contributed by atoms with Gasteiger partial charge in [-0.1, -0.05) is 60.7 Å². The van der Waals surface area contributed by atoms with Gasteiger partial charge in [0.05, 0.1) is 18.7 Å². The van der Waals surface area contributed by atoms with Crippen molar-refractivity contribution in [2.24, 2.45) is 0 Å². The molecule has 0 N–H and O–H groups in total. The number of hydrogen-bond acceptors (Lipinski definition) is 5. The number of rotatable bonds is 9. The van der Waals surface area contributed by atoms with E-state index in [1.165, 1.54) is 0 Å². The third-order valence-electron chi connectivity index (χ3n) is 6.43. The number of aromatic nitrogens is 4. The molecular weight excluding hydrogens is 485 g/mol. The minimum Gasteiger partial charge on any atom is -0.358 e. The Morgan fingerprint density at radius 1 is 0.973 bits per heavy atom. The van der Waals surface area contributed by atoms with Crippen LogP contribution in [0.25, 0.3) is 33.9 Å². The lowest BCUT2D eigenvalue weighted by Gasteiger charge is -2.24. The molecule has 0 bridgehead atoms. The first-order chi connectivity index (χ1) is 17.9. The van der Waals surface area contributed by atoms with E-state index in [0.29, 0.717) is 38.7 Å². The highest BCUT2D eigenvalue weighted by atomic mass is 32.3. The molecule has 0 aliphatic carbocycles. The van der Waals surface area contributed by atoms with Crippen LogP contribution in [-0.2, 0) is 11.5 Å². The molecule has 3 heterocycles. The molecule has 0 spiro atoms. The number of alkyl halides is 1. The molecule has 1 aliphatic heterocycles. The van der Waals surface area contributed by atoms with Gasteiger partial charge in [-0.25, -0.2) is 29.1 Å². The SMILES string of the molecule is CS(C)(C)CCOCn1nc(-c2c(-c3ccccc3)ccnc2N2CC[C@H](F)C2)nc1-c1ccccc1. The fourth-order valence-corrected chi connectivity index (χ4v) is 5.10. The van der Waals surface area contributed by atoms with Gasteiger partial charge in [-0.3, -0.25) is 0 Å². The Morgan fingerprint density at radius 2 is 1.68 bits per heavy atom. The molecule has 1 aliphatic rings. The lowest BCUT2D eigenvalue weighted by atomic mass is 10.00. The van der Waals surface area contributed by atoms with Crippen molar-refractivity contribution in [1.82, 2.24) is 19.7 Å². The molecule has 8 heteroatoms. The lowest BCUT2D eigenvalue weighted by molar-refractivity contribution is 0.0821. The molecule has 0 saturated carbocycles. The average Bonchev–Trinajstić information content (AvgIpc) is 3.53. The Labute approximate surface area is 219 Å².